The number of para-hydroxylation sites is 1. The first-order chi connectivity index (χ1) is 9.94. The fourth-order valence-corrected chi connectivity index (χ4v) is 2.54. The molecule has 0 unspecified atom stereocenters. The summed E-state index contributed by atoms with van der Waals surface area (Å²) in [7, 11) is -2.45. The summed E-state index contributed by atoms with van der Waals surface area (Å²) in [6, 6.07) is 8.20. The monoisotopic (exact) mass is 309 g/mol. The van der Waals surface area contributed by atoms with Gasteiger partial charge >= 0.3 is 0 Å². The van der Waals surface area contributed by atoms with E-state index < -0.39 is 21.9 Å². The van der Waals surface area contributed by atoms with Crippen LogP contribution < -0.4 is 10.0 Å². The van der Waals surface area contributed by atoms with Crippen LogP contribution in [0.5, 0.6) is 0 Å². The molecule has 2 rings (SSSR count). The van der Waals surface area contributed by atoms with Crippen LogP contribution in [0.1, 0.15) is 10.4 Å². The second-order valence-corrected chi connectivity index (χ2v) is 5.88. The van der Waals surface area contributed by atoms with Crippen molar-refractivity contribution in [2.45, 2.75) is 4.90 Å². The summed E-state index contributed by atoms with van der Waals surface area (Å²) >= 11 is 0. The minimum absolute atomic E-state index is 0.0409. The van der Waals surface area contributed by atoms with Crippen LogP contribution >= 0.6 is 0 Å². The third kappa shape index (κ3) is 3.41. The maximum Gasteiger partial charge on any atom is 0.255 e. The molecule has 0 aliphatic rings. The van der Waals surface area contributed by atoms with Crippen LogP contribution in [-0.4, -0.2) is 26.4 Å². The number of hydrogen-bond acceptors (Lipinski definition) is 4. The number of sulfonamides is 1. The largest absolute Gasteiger partial charge is 0.321 e. The zero-order valence-corrected chi connectivity index (χ0v) is 11.8. The molecule has 1 heterocycles. The van der Waals surface area contributed by atoms with E-state index >= 15 is 0 Å². The van der Waals surface area contributed by atoms with Crippen molar-refractivity contribution in [1.82, 2.24) is 9.71 Å². The Bertz CT molecular complexity index is 778. The van der Waals surface area contributed by atoms with Crippen molar-refractivity contribution in [1.29, 1.82) is 0 Å². The molecule has 110 valence electrons. The van der Waals surface area contributed by atoms with Gasteiger partial charge in [-0.15, -0.1) is 0 Å². The van der Waals surface area contributed by atoms with Crippen LogP contribution in [0.4, 0.5) is 10.1 Å². The molecule has 8 heteroatoms. The quantitative estimate of drug-likeness (QED) is 0.835. The van der Waals surface area contributed by atoms with Gasteiger partial charge in [0.05, 0.1) is 5.69 Å². The molecule has 1 amide bonds. The molecule has 0 aliphatic carbocycles. The standard InChI is InChI=1S/C13H12FN3O3S/c1-15-21(19,20)11-5-3-2-4-10(11)17-13(18)9-6-7-16-12(14)8-9/h2-8,15H,1H3,(H,17,18). The van der Waals surface area contributed by atoms with Crippen LogP contribution in [-0.2, 0) is 10.0 Å². The van der Waals surface area contributed by atoms with Gasteiger partial charge in [-0.25, -0.2) is 18.1 Å². The van der Waals surface area contributed by atoms with Crippen LogP contribution in [0.2, 0.25) is 0 Å². The van der Waals surface area contributed by atoms with Crippen molar-refractivity contribution < 1.29 is 17.6 Å². The highest BCUT2D eigenvalue weighted by atomic mass is 32.2. The van der Waals surface area contributed by atoms with Gasteiger partial charge in [0.1, 0.15) is 4.90 Å². The lowest BCUT2D eigenvalue weighted by atomic mass is 10.2. The maximum absolute atomic E-state index is 13.0. The average Bonchev–Trinajstić information content (AvgIpc) is 2.47. The molecule has 0 spiro atoms. The molecule has 1 aromatic heterocycles. The van der Waals surface area contributed by atoms with E-state index in [0.29, 0.717) is 0 Å². The molecule has 0 bridgehead atoms. The number of amides is 1. The van der Waals surface area contributed by atoms with Crippen LogP contribution in [0, 0.1) is 5.95 Å². The second kappa shape index (κ2) is 5.98. The van der Waals surface area contributed by atoms with Crippen LogP contribution in [0.15, 0.2) is 47.5 Å². The Hall–Kier alpha value is -2.32. The summed E-state index contributed by atoms with van der Waals surface area (Å²) in [6.45, 7) is 0. The first-order valence-corrected chi connectivity index (χ1v) is 7.38. The molecule has 2 aromatic rings. The SMILES string of the molecule is CNS(=O)(=O)c1ccccc1NC(=O)c1ccnc(F)c1. The van der Waals surface area contributed by atoms with E-state index in [1.807, 2.05) is 0 Å². The van der Waals surface area contributed by atoms with Gasteiger partial charge in [-0.3, -0.25) is 4.79 Å². The molecular weight excluding hydrogens is 297 g/mol. The van der Waals surface area contributed by atoms with E-state index in [0.717, 1.165) is 12.3 Å². The van der Waals surface area contributed by atoms with Gasteiger partial charge in [-0.05, 0) is 25.2 Å². The van der Waals surface area contributed by atoms with E-state index in [-0.39, 0.29) is 16.1 Å². The normalized spacial score (nSPS) is 11.1. The Morgan fingerprint density at radius 1 is 1.24 bits per heavy atom. The Morgan fingerprint density at radius 3 is 2.62 bits per heavy atom. The van der Waals surface area contributed by atoms with Crippen molar-refractivity contribution in [2.24, 2.45) is 0 Å². The minimum Gasteiger partial charge on any atom is -0.321 e. The number of rotatable bonds is 4. The molecule has 0 radical (unpaired) electrons. The molecular formula is C13H12FN3O3S. The summed E-state index contributed by atoms with van der Waals surface area (Å²) in [4.78, 5) is 15.3. The van der Waals surface area contributed by atoms with Gasteiger partial charge < -0.3 is 5.32 Å². The molecule has 0 saturated heterocycles. The first kappa shape index (κ1) is 15.1. The second-order valence-electron chi connectivity index (χ2n) is 4.03. The van der Waals surface area contributed by atoms with Crippen molar-refractivity contribution in [2.75, 3.05) is 12.4 Å². The van der Waals surface area contributed by atoms with Gasteiger partial charge in [0.25, 0.3) is 5.91 Å². The Kier molecular flexibility index (Phi) is 4.29. The predicted octanol–water partition coefficient (Wildman–Crippen LogP) is 1.38. The number of carbonyl (C=O) groups is 1. The lowest BCUT2D eigenvalue weighted by molar-refractivity contribution is 0.102. The van der Waals surface area contributed by atoms with Crippen molar-refractivity contribution in [3.63, 3.8) is 0 Å². The van der Waals surface area contributed by atoms with E-state index in [4.69, 9.17) is 0 Å². The maximum atomic E-state index is 13.0. The fraction of sp³-hybridized carbons (Fsp3) is 0.0769. The zero-order chi connectivity index (χ0) is 15.5. The number of hydrogen-bond donors (Lipinski definition) is 2. The Labute approximate surface area is 121 Å². The predicted molar refractivity (Wildman–Crippen MR) is 74.8 cm³/mol. The van der Waals surface area contributed by atoms with E-state index in [1.165, 1.54) is 31.3 Å². The minimum atomic E-state index is -3.72. The average molecular weight is 309 g/mol. The Morgan fingerprint density at radius 2 is 1.95 bits per heavy atom. The molecule has 0 fully saturated rings. The van der Waals surface area contributed by atoms with Crippen molar-refractivity contribution in [3.05, 3.63) is 54.1 Å². The van der Waals surface area contributed by atoms with Gasteiger partial charge in [-0.2, -0.15) is 4.39 Å². The smallest absolute Gasteiger partial charge is 0.255 e. The van der Waals surface area contributed by atoms with Gasteiger partial charge in [0, 0.05) is 17.8 Å². The van der Waals surface area contributed by atoms with E-state index in [1.54, 1.807) is 6.07 Å². The molecule has 2 N–H and O–H groups in total. The molecule has 0 aliphatic heterocycles. The van der Waals surface area contributed by atoms with Crippen molar-refractivity contribution in [3.8, 4) is 0 Å². The molecule has 0 atom stereocenters. The van der Waals surface area contributed by atoms with Crippen LogP contribution in [0.25, 0.3) is 0 Å². The summed E-state index contributed by atoms with van der Waals surface area (Å²) in [5.74, 6) is -1.42. The summed E-state index contributed by atoms with van der Waals surface area (Å²) in [6.07, 6.45) is 1.15. The number of anilines is 1. The number of carbonyl (C=O) groups excluding carboxylic acids is 1. The Balaban J connectivity index is 2.35. The summed E-state index contributed by atoms with van der Waals surface area (Å²) in [5, 5.41) is 2.44. The third-order valence-electron chi connectivity index (χ3n) is 2.68. The van der Waals surface area contributed by atoms with Crippen LogP contribution in [0.3, 0.4) is 0 Å². The molecule has 0 saturated carbocycles. The lowest BCUT2D eigenvalue weighted by Crippen LogP contribution is -2.21. The molecule has 6 nitrogen and oxygen atoms in total. The zero-order valence-electron chi connectivity index (χ0n) is 11.0. The number of aromatic nitrogens is 1. The van der Waals surface area contributed by atoms with E-state index in [2.05, 4.69) is 15.0 Å². The molecule has 21 heavy (non-hydrogen) atoms. The van der Waals surface area contributed by atoms with Gasteiger partial charge in [0.2, 0.25) is 16.0 Å². The number of pyridine rings is 1. The third-order valence-corrected chi connectivity index (χ3v) is 4.15. The summed E-state index contributed by atoms with van der Waals surface area (Å²) < 4.78 is 38.9. The number of halogens is 1. The lowest BCUT2D eigenvalue weighted by Gasteiger charge is -2.11. The number of nitrogens with zero attached hydrogens (tertiary/aromatic N) is 1. The fourth-order valence-electron chi connectivity index (χ4n) is 1.65. The topological polar surface area (TPSA) is 88.2 Å². The van der Waals surface area contributed by atoms with E-state index in [9.17, 15) is 17.6 Å². The highest BCUT2D eigenvalue weighted by Gasteiger charge is 2.18. The number of nitrogens with one attached hydrogen (secondary N) is 2. The highest BCUT2D eigenvalue weighted by molar-refractivity contribution is 7.89. The van der Waals surface area contributed by atoms with Gasteiger partial charge in [-0.1, -0.05) is 12.1 Å². The summed E-state index contributed by atoms with van der Waals surface area (Å²) in [5.41, 5.74) is 0.147. The molecule has 1 aromatic carbocycles. The highest BCUT2D eigenvalue weighted by Crippen LogP contribution is 2.21. The van der Waals surface area contributed by atoms with Gasteiger partial charge in [0.15, 0.2) is 0 Å². The first-order valence-electron chi connectivity index (χ1n) is 5.89. The number of benzene rings is 1. The van der Waals surface area contributed by atoms with Crippen molar-refractivity contribution >= 4 is 21.6 Å².